The molecule has 0 atom stereocenters. The molecule has 0 N–H and O–H groups in total. The molecule has 142 valence electrons. The molecule has 4 nitrogen and oxygen atoms in total. The van der Waals surface area contributed by atoms with Gasteiger partial charge in [-0.15, -0.1) is 0 Å². The van der Waals surface area contributed by atoms with E-state index in [1.165, 1.54) is 5.56 Å². The van der Waals surface area contributed by atoms with Crippen LogP contribution in [-0.4, -0.2) is 30.5 Å². The molecule has 27 heavy (non-hydrogen) atoms. The number of nitriles is 1. The Kier molecular flexibility index (Phi) is 8.86. The van der Waals surface area contributed by atoms with Gasteiger partial charge < -0.3 is 9.64 Å². The van der Waals surface area contributed by atoms with Gasteiger partial charge in [0, 0.05) is 17.6 Å². The molecule has 2 rings (SSSR count). The second-order valence-electron chi connectivity index (χ2n) is 6.28. The second-order valence-corrected chi connectivity index (χ2v) is 7.19. The van der Waals surface area contributed by atoms with E-state index in [9.17, 15) is 4.79 Å². The third-order valence-corrected chi connectivity index (χ3v) is 4.71. The maximum atomic E-state index is 13.2. The Balaban J connectivity index is 2.17. The van der Waals surface area contributed by atoms with Gasteiger partial charge in [-0.05, 0) is 36.6 Å². The van der Waals surface area contributed by atoms with Crippen molar-refractivity contribution < 1.29 is 9.53 Å². The highest BCUT2D eigenvalue weighted by molar-refractivity contribution is 9.10. The van der Waals surface area contributed by atoms with E-state index >= 15 is 0 Å². The lowest BCUT2D eigenvalue weighted by Crippen LogP contribution is -2.34. The molecule has 0 saturated carbocycles. The highest BCUT2D eigenvalue weighted by atomic mass is 79.9. The van der Waals surface area contributed by atoms with Crippen molar-refractivity contribution in [1.29, 1.82) is 5.26 Å². The highest BCUT2D eigenvalue weighted by Crippen LogP contribution is 2.25. The van der Waals surface area contributed by atoms with Gasteiger partial charge in [-0.2, -0.15) is 5.26 Å². The van der Waals surface area contributed by atoms with Crippen LogP contribution in [0.5, 0.6) is 5.75 Å². The van der Waals surface area contributed by atoms with E-state index in [4.69, 9.17) is 10.00 Å². The first-order valence-electron chi connectivity index (χ1n) is 9.28. The lowest BCUT2D eigenvalue weighted by atomic mass is 10.1. The Morgan fingerprint density at radius 3 is 2.67 bits per heavy atom. The van der Waals surface area contributed by atoms with Crippen LogP contribution in [0.1, 0.15) is 42.1 Å². The number of ether oxygens (including phenoxy) is 1. The number of benzene rings is 2. The van der Waals surface area contributed by atoms with Gasteiger partial charge in [0.25, 0.3) is 5.91 Å². The summed E-state index contributed by atoms with van der Waals surface area (Å²) in [5, 5.41) is 8.97. The summed E-state index contributed by atoms with van der Waals surface area (Å²) in [5.74, 6) is 0.493. The normalized spacial score (nSPS) is 10.3. The molecule has 0 fully saturated rings. The van der Waals surface area contributed by atoms with Crippen LogP contribution in [0.3, 0.4) is 0 Å². The van der Waals surface area contributed by atoms with E-state index in [-0.39, 0.29) is 5.91 Å². The van der Waals surface area contributed by atoms with Gasteiger partial charge in [-0.25, -0.2) is 0 Å². The predicted molar refractivity (Wildman–Crippen MR) is 111 cm³/mol. The average Bonchev–Trinajstić information content (AvgIpc) is 2.69. The lowest BCUT2D eigenvalue weighted by Gasteiger charge is -2.23. The Bertz CT molecular complexity index is 772. The molecular formula is C22H25BrN2O2. The van der Waals surface area contributed by atoms with Gasteiger partial charge in [0.1, 0.15) is 5.75 Å². The Labute approximate surface area is 169 Å². The van der Waals surface area contributed by atoms with E-state index in [1.54, 1.807) is 11.0 Å². The highest BCUT2D eigenvalue weighted by Gasteiger charge is 2.20. The number of rotatable bonds is 10. The molecule has 0 saturated heterocycles. The molecule has 0 aromatic heterocycles. The van der Waals surface area contributed by atoms with Crippen molar-refractivity contribution in [2.75, 3.05) is 19.7 Å². The van der Waals surface area contributed by atoms with Crippen LogP contribution in [0.2, 0.25) is 0 Å². The molecule has 0 spiro atoms. The van der Waals surface area contributed by atoms with E-state index < -0.39 is 0 Å². The monoisotopic (exact) mass is 428 g/mol. The van der Waals surface area contributed by atoms with E-state index in [1.807, 2.05) is 42.5 Å². The summed E-state index contributed by atoms with van der Waals surface area (Å²) in [6.07, 6.45) is 3.03. The number of unbranched alkanes of at least 4 members (excludes halogenated alkanes) is 1. The van der Waals surface area contributed by atoms with Crippen molar-refractivity contribution in [2.24, 2.45) is 0 Å². The first kappa shape index (κ1) is 21.0. The number of carbonyl (C=O) groups excluding carboxylic acids is 1. The van der Waals surface area contributed by atoms with Crippen LogP contribution in [-0.2, 0) is 6.42 Å². The third-order valence-electron chi connectivity index (χ3n) is 4.22. The molecule has 1 amide bonds. The minimum atomic E-state index is -0.103. The molecule has 0 radical (unpaired) electrons. The van der Waals surface area contributed by atoms with Gasteiger partial charge >= 0.3 is 0 Å². The van der Waals surface area contributed by atoms with Crippen molar-refractivity contribution in [2.45, 2.75) is 32.6 Å². The fraction of sp³-hybridized carbons (Fsp3) is 0.364. The fourth-order valence-electron chi connectivity index (χ4n) is 2.70. The van der Waals surface area contributed by atoms with Crippen LogP contribution >= 0.6 is 15.9 Å². The zero-order chi connectivity index (χ0) is 19.5. The minimum Gasteiger partial charge on any atom is -0.493 e. The molecule has 0 aliphatic heterocycles. The number of carbonyl (C=O) groups is 1. The van der Waals surface area contributed by atoms with E-state index in [0.29, 0.717) is 37.4 Å². The first-order valence-corrected chi connectivity index (χ1v) is 10.1. The predicted octanol–water partition coefficient (Wildman–Crippen LogP) is 5.23. The molecule has 0 heterocycles. The Morgan fingerprint density at radius 2 is 1.96 bits per heavy atom. The maximum Gasteiger partial charge on any atom is 0.257 e. The van der Waals surface area contributed by atoms with Crippen LogP contribution in [0, 0.1) is 11.3 Å². The summed E-state index contributed by atoms with van der Waals surface area (Å²) in [6.45, 7) is 3.65. The topological polar surface area (TPSA) is 53.3 Å². The van der Waals surface area contributed by atoms with Crippen LogP contribution in [0.4, 0.5) is 0 Å². The number of halogens is 1. The van der Waals surface area contributed by atoms with Gasteiger partial charge in [-0.1, -0.05) is 59.6 Å². The Hall–Kier alpha value is -2.32. The summed E-state index contributed by atoms with van der Waals surface area (Å²) >= 11 is 3.45. The average molecular weight is 429 g/mol. The van der Waals surface area contributed by atoms with Crippen LogP contribution < -0.4 is 4.74 Å². The zero-order valence-corrected chi connectivity index (χ0v) is 17.2. The van der Waals surface area contributed by atoms with Crippen molar-refractivity contribution >= 4 is 21.8 Å². The summed E-state index contributed by atoms with van der Waals surface area (Å²) in [5.41, 5.74) is 1.70. The summed E-state index contributed by atoms with van der Waals surface area (Å²) in [4.78, 5) is 14.9. The summed E-state index contributed by atoms with van der Waals surface area (Å²) in [6, 6.07) is 17.7. The van der Waals surface area contributed by atoms with Crippen molar-refractivity contribution in [3.05, 3.63) is 64.1 Å². The molecule has 2 aromatic carbocycles. The van der Waals surface area contributed by atoms with Crippen molar-refractivity contribution in [3.8, 4) is 11.8 Å². The van der Waals surface area contributed by atoms with Gasteiger partial charge in [0.15, 0.2) is 0 Å². The number of nitrogens with zero attached hydrogens (tertiary/aromatic N) is 2. The molecule has 5 heteroatoms. The summed E-state index contributed by atoms with van der Waals surface area (Å²) < 4.78 is 6.67. The van der Waals surface area contributed by atoms with Crippen LogP contribution in [0.15, 0.2) is 53.0 Å². The number of hydrogen-bond acceptors (Lipinski definition) is 3. The Morgan fingerprint density at radius 1 is 1.19 bits per heavy atom. The molecule has 0 unspecified atom stereocenters. The van der Waals surface area contributed by atoms with Gasteiger partial charge in [-0.3, -0.25) is 4.79 Å². The van der Waals surface area contributed by atoms with Gasteiger partial charge in [0.2, 0.25) is 0 Å². The molecule has 0 bridgehead atoms. The van der Waals surface area contributed by atoms with Crippen molar-refractivity contribution in [1.82, 2.24) is 4.90 Å². The molecule has 0 aliphatic carbocycles. The minimum absolute atomic E-state index is 0.103. The van der Waals surface area contributed by atoms with Crippen LogP contribution in [0.25, 0.3) is 0 Å². The maximum absolute atomic E-state index is 13.2. The quantitative estimate of drug-likeness (QED) is 0.486. The zero-order valence-electron chi connectivity index (χ0n) is 15.7. The SMILES string of the molecule is CCCCOc1ccc(Br)cc1C(=O)N(CCC#N)CCc1ccccc1. The first-order chi connectivity index (χ1) is 13.2. The number of hydrogen-bond donors (Lipinski definition) is 0. The molecule has 2 aromatic rings. The molecular weight excluding hydrogens is 404 g/mol. The number of amides is 1. The second kappa shape index (κ2) is 11.4. The third kappa shape index (κ3) is 6.73. The van der Waals surface area contributed by atoms with E-state index in [2.05, 4.69) is 28.9 Å². The van der Waals surface area contributed by atoms with E-state index in [0.717, 1.165) is 23.7 Å². The van der Waals surface area contributed by atoms with Gasteiger partial charge in [0.05, 0.1) is 24.7 Å². The lowest BCUT2D eigenvalue weighted by molar-refractivity contribution is 0.0756. The van der Waals surface area contributed by atoms with Crippen molar-refractivity contribution in [3.63, 3.8) is 0 Å². The fourth-order valence-corrected chi connectivity index (χ4v) is 3.06. The summed E-state index contributed by atoms with van der Waals surface area (Å²) in [7, 11) is 0. The molecule has 0 aliphatic rings. The standard InChI is InChI=1S/C22H25BrN2O2/c1-2-3-16-27-21-11-10-19(23)17-20(21)22(26)25(14-7-13-24)15-12-18-8-5-4-6-9-18/h4-6,8-11,17H,2-3,7,12,14-16H2,1H3. The largest absolute Gasteiger partial charge is 0.493 e. The smallest absolute Gasteiger partial charge is 0.257 e.